The van der Waals surface area contributed by atoms with Gasteiger partial charge in [0.05, 0.1) is 22.8 Å². The summed E-state index contributed by atoms with van der Waals surface area (Å²) in [5.74, 6) is -0.813. The summed E-state index contributed by atoms with van der Waals surface area (Å²) in [7, 11) is 0. The zero-order valence-corrected chi connectivity index (χ0v) is 17.7. The Balaban J connectivity index is 1.52. The smallest absolute Gasteiger partial charge is 0.357 e. The molecule has 0 aliphatic carbocycles. The summed E-state index contributed by atoms with van der Waals surface area (Å²) in [5, 5.41) is 6.55. The molecule has 3 heterocycles. The van der Waals surface area contributed by atoms with E-state index in [9.17, 15) is 9.59 Å². The normalized spacial score (nSPS) is 18.9. The van der Waals surface area contributed by atoms with Crippen molar-refractivity contribution < 1.29 is 19.1 Å². The number of hydrogen-bond acceptors (Lipinski definition) is 6. The van der Waals surface area contributed by atoms with Gasteiger partial charge >= 0.3 is 5.97 Å². The van der Waals surface area contributed by atoms with Crippen molar-refractivity contribution in [2.24, 2.45) is 0 Å². The molecular formula is C22H23N3O4S. The Morgan fingerprint density at radius 3 is 2.53 bits per heavy atom. The van der Waals surface area contributed by atoms with Crippen LogP contribution in [0.5, 0.6) is 0 Å². The van der Waals surface area contributed by atoms with Crippen molar-refractivity contribution >= 4 is 23.2 Å². The molecule has 0 saturated carbocycles. The van der Waals surface area contributed by atoms with E-state index >= 15 is 0 Å². The van der Waals surface area contributed by atoms with Crippen LogP contribution in [0.25, 0.3) is 16.3 Å². The van der Waals surface area contributed by atoms with Crippen molar-refractivity contribution in [1.82, 2.24) is 14.7 Å². The van der Waals surface area contributed by atoms with Crippen molar-refractivity contribution in [2.45, 2.75) is 26.1 Å². The molecule has 1 aromatic carbocycles. The molecule has 30 heavy (non-hydrogen) atoms. The van der Waals surface area contributed by atoms with Crippen LogP contribution in [0.2, 0.25) is 0 Å². The molecule has 2 atom stereocenters. The molecule has 1 amide bonds. The lowest BCUT2D eigenvalue weighted by Crippen LogP contribution is -2.49. The lowest BCUT2D eigenvalue weighted by Gasteiger charge is -2.35. The fourth-order valence-electron chi connectivity index (χ4n) is 3.51. The zero-order chi connectivity index (χ0) is 21.1. The minimum absolute atomic E-state index is 0.0405. The van der Waals surface area contributed by atoms with Gasteiger partial charge in [-0.2, -0.15) is 5.10 Å². The highest BCUT2D eigenvalue weighted by atomic mass is 32.1. The third-order valence-corrected chi connectivity index (χ3v) is 5.68. The van der Waals surface area contributed by atoms with E-state index in [1.165, 1.54) is 0 Å². The van der Waals surface area contributed by atoms with Gasteiger partial charge in [-0.15, -0.1) is 11.3 Å². The number of nitrogens with zero attached hydrogens (tertiary/aromatic N) is 3. The fourth-order valence-corrected chi connectivity index (χ4v) is 4.19. The molecular weight excluding hydrogens is 402 g/mol. The van der Waals surface area contributed by atoms with E-state index in [0.717, 1.165) is 10.6 Å². The molecule has 1 aliphatic rings. The van der Waals surface area contributed by atoms with Gasteiger partial charge in [0.25, 0.3) is 5.91 Å². The molecule has 0 spiro atoms. The summed E-state index contributed by atoms with van der Waals surface area (Å²) in [6.45, 7) is 4.52. The molecule has 1 fully saturated rings. The van der Waals surface area contributed by atoms with Gasteiger partial charge in [0, 0.05) is 19.2 Å². The van der Waals surface area contributed by atoms with Gasteiger partial charge < -0.3 is 14.4 Å². The van der Waals surface area contributed by atoms with Crippen LogP contribution in [0.4, 0.5) is 0 Å². The van der Waals surface area contributed by atoms with Crippen LogP contribution < -0.4 is 0 Å². The molecule has 8 heteroatoms. The topological polar surface area (TPSA) is 73.7 Å². The monoisotopic (exact) mass is 425 g/mol. The van der Waals surface area contributed by atoms with Crippen LogP contribution in [0.1, 0.15) is 24.3 Å². The SMILES string of the molecule is CC1CN(C(=O)COC(=O)c2cc(-c3cccs3)nn2-c2ccccc2)CC(C)O1. The van der Waals surface area contributed by atoms with Gasteiger partial charge in [-0.3, -0.25) is 4.79 Å². The van der Waals surface area contributed by atoms with E-state index in [-0.39, 0.29) is 30.4 Å². The summed E-state index contributed by atoms with van der Waals surface area (Å²) in [5.41, 5.74) is 1.71. The summed E-state index contributed by atoms with van der Waals surface area (Å²) >= 11 is 1.54. The van der Waals surface area contributed by atoms with Gasteiger partial charge in [-0.05, 0) is 37.4 Å². The quantitative estimate of drug-likeness (QED) is 0.586. The Hall–Kier alpha value is -2.97. The number of para-hydroxylation sites is 1. The first kappa shape index (κ1) is 20.3. The van der Waals surface area contributed by atoms with Crippen molar-refractivity contribution in [1.29, 1.82) is 0 Å². The number of carbonyl (C=O) groups excluding carboxylic acids is 2. The maximum Gasteiger partial charge on any atom is 0.357 e. The number of carbonyl (C=O) groups is 2. The van der Waals surface area contributed by atoms with Gasteiger partial charge in [0.2, 0.25) is 0 Å². The Bertz CT molecular complexity index is 1010. The van der Waals surface area contributed by atoms with E-state index in [1.807, 2.05) is 61.7 Å². The van der Waals surface area contributed by atoms with Gasteiger partial charge in [0.1, 0.15) is 5.69 Å². The summed E-state index contributed by atoms with van der Waals surface area (Å²) in [6.07, 6.45) is -0.0810. The van der Waals surface area contributed by atoms with Crippen LogP contribution in [0, 0.1) is 0 Å². The highest BCUT2D eigenvalue weighted by Crippen LogP contribution is 2.26. The molecule has 1 saturated heterocycles. The van der Waals surface area contributed by atoms with E-state index in [2.05, 4.69) is 5.10 Å². The Morgan fingerprint density at radius 1 is 1.13 bits per heavy atom. The number of ether oxygens (including phenoxy) is 2. The molecule has 7 nitrogen and oxygen atoms in total. The summed E-state index contributed by atoms with van der Waals surface area (Å²) < 4.78 is 12.6. The summed E-state index contributed by atoms with van der Waals surface area (Å²) in [4.78, 5) is 28.0. The largest absolute Gasteiger partial charge is 0.451 e. The van der Waals surface area contributed by atoms with Crippen molar-refractivity contribution in [3.63, 3.8) is 0 Å². The van der Waals surface area contributed by atoms with Gasteiger partial charge in [-0.1, -0.05) is 24.3 Å². The molecule has 3 aromatic rings. The molecule has 2 aromatic heterocycles. The van der Waals surface area contributed by atoms with E-state index in [4.69, 9.17) is 9.47 Å². The Labute approximate surface area is 178 Å². The van der Waals surface area contributed by atoms with Crippen LogP contribution in [-0.2, 0) is 14.3 Å². The predicted octanol–water partition coefficient (Wildman–Crippen LogP) is 3.39. The molecule has 0 bridgehead atoms. The predicted molar refractivity (Wildman–Crippen MR) is 114 cm³/mol. The maximum atomic E-state index is 12.9. The lowest BCUT2D eigenvalue weighted by atomic mass is 10.2. The second-order valence-electron chi connectivity index (χ2n) is 7.27. The van der Waals surface area contributed by atoms with Crippen molar-refractivity contribution in [3.05, 3.63) is 59.6 Å². The average Bonchev–Trinajstić information content (AvgIpc) is 3.41. The number of aromatic nitrogens is 2. The minimum atomic E-state index is -0.586. The van der Waals surface area contributed by atoms with Crippen LogP contribution in [0.15, 0.2) is 53.9 Å². The number of rotatable bonds is 5. The van der Waals surface area contributed by atoms with Crippen molar-refractivity contribution in [3.8, 4) is 16.3 Å². The maximum absolute atomic E-state index is 12.9. The second kappa shape index (κ2) is 8.81. The van der Waals surface area contributed by atoms with Crippen LogP contribution in [0.3, 0.4) is 0 Å². The molecule has 4 rings (SSSR count). The van der Waals surface area contributed by atoms with E-state index in [1.54, 1.807) is 27.0 Å². The number of morpholine rings is 1. The third kappa shape index (κ3) is 4.44. The number of thiophene rings is 1. The molecule has 1 aliphatic heterocycles. The number of esters is 1. The Morgan fingerprint density at radius 2 is 1.87 bits per heavy atom. The third-order valence-electron chi connectivity index (χ3n) is 4.79. The number of benzene rings is 1. The van der Waals surface area contributed by atoms with Crippen LogP contribution in [-0.4, -0.2) is 58.5 Å². The highest BCUT2D eigenvalue weighted by molar-refractivity contribution is 7.13. The molecule has 0 N–H and O–H groups in total. The first-order chi connectivity index (χ1) is 14.5. The minimum Gasteiger partial charge on any atom is -0.451 e. The summed E-state index contributed by atoms with van der Waals surface area (Å²) in [6, 6.07) is 15.0. The Kier molecular flexibility index (Phi) is 5.96. The molecule has 0 radical (unpaired) electrons. The average molecular weight is 426 g/mol. The fraction of sp³-hybridized carbons (Fsp3) is 0.318. The zero-order valence-electron chi connectivity index (χ0n) is 16.9. The van der Waals surface area contributed by atoms with Crippen molar-refractivity contribution in [2.75, 3.05) is 19.7 Å². The number of hydrogen-bond donors (Lipinski definition) is 0. The van der Waals surface area contributed by atoms with Crippen LogP contribution >= 0.6 is 11.3 Å². The second-order valence-corrected chi connectivity index (χ2v) is 8.22. The molecule has 156 valence electrons. The molecule has 2 unspecified atom stereocenters. The highest BCUT2D eigenvalue weighted by Gasteiger charge is 2.27. The number of amides is 1. The first-order valence-corrected chi connectivity index (χ1v) is 10.7. The van der Waals surface area contributed by atoms with Gasteiger partial charge in [-0.25, -0.2) is 9.48 Å². The lowest BCUT2D eigenvalue weighted by molar-refractivity contribution is -0.146. The van der Waals surface area contributed by atoms with E-state index < -0.39 is 5.97 Å². The van der Waals surface area contributed by atoms with E-state index in [0.29, 0.717) is 18.8 Å². The first-order valence-electron chi connectivity index (χ1n) is 9.81. The standard InChI is InChI=1S/C22H23N3O4S/c1-15-12-24(13-16(2)29-15)21(26)14-28-22(27)19-11-18(20-9-6-10-30-20)23-25(19)17-7-4-3-5-8-17/h3-11,15-16H,12-14H2,1-2H3. The van der Waals surface area contributed by atoms with Gasteiger partial charge in [0.15, 0.2) is 12.3 Å².